The van der Waals surface area contributed by atoms with E-state index in [4.69, 9.17) is 9.84 Å². The van der Waals surface area contributed by atoms with E-state index in [1.54, 1.807) is 0 Å². The van der Waals surface area contributed by atoms with Crippen LogP contribution in [0.15, 0.2) is 18.2 Å². The predicted molar refractivity (Wildman–Crippen MR) is 71.9 cm³/mol. The second-order valence-corrected chi connectivity index (χ2v) is 4.73. The minimum absolute atomic E-state index is 0.167. The van der Waals surface area contributed by atoms with Crippen LogP contribution in [0.3, 0.4) is 0 Å². The highest BCUT2D eigenvalue weighted by Crippen LogP contribution is 2.22. The number of nitrogens with zero attached hydrogens (tertiary/aromatic N) is 2. The minimum Gasteiger partial charge on any atom is -0.491 e. The first-order valence-corrected chi connectivity index (χ1v) is 6.34. The molecule has 2 aromatic rings. The quantitative estimate of drug-likeness (QED) is 0.883. The van der Waals surface area contributed by atoms with Crippen molar-refractivity contribution in [1.29, 1.82) is 0 Å². The van der Waals surface area contributed by atoms with Crippen molar-refractivity contribution in [1.82, 2.24) is 9.55 Å². The van der Waals surface area contributed by atoms with Crippen LogP contribution in [-0.2, 0) is 13.5 Å². The first-order chi connectivity index (χ1) is 8.61. The number of rotatable bonds is 5. The average Bonchev–Trinajstić information content (AvgIpc) is 2.62. The lowest BCUT2D eigenvalue weighted by atomic mass is 10.3. The second kappa shape index (κ2) is 5.40. The Morgan fingerprint density at radius 2 is 2.17 bits per heavy atom. The molecular weight excluding hydrogens is 228 g/mol. The van der Waals surface area contributed by atoms with Crippen molar-refractivity contribution in [2.45, 2.75) is 32.8 Å². The molecule has 0 aliphatic rings. The van der Waals surface area contributed by atoms with Crippen LogP contribution in [0.25, 0.3) is 11.0 Å². The van der Waals surface area contributed by atoms with Gasteiger partial charge < -0.3 is 14.4 Å². The highest BCUT2D eigenvalue weighted by molar-refractivity contribution is 5.77. The van der Waals surface area contributed by atoms with Gasteiger partial charge in [0.2, 0.25) is 0 Å². The Labute approximate surface area is 107 Å². The molecule has 0 bridgehead atoms. The number of hydrogen-bond acceptors (Lipinski definition) is 3. The molecule has 1 aromatic carbocycles. The number of aliphatic hydroxyl groups is 1. The molecule has 1 heterocycles. The van der Waals surface area contributed by atoms with E-state index >= 15 is 0 Å². The van der Waals surface area contributed by atoms with Crippen molar-refractivity contribution in [3.8, 4) is 5.75 Å². The van der Waals surface area contributed by atoms with Crippen molar-refractivity contribution >= 4 is 11.0 Å². The summed E-state index contributed by atoms with van der Waals surface area (Å²) >= 11 is 0. The van der Waals surface area contributed by atoms with Crippen LogP contribution < -0.4 is 4.74 Å². The fourth-order valence-electron chi connectivity index (χ4n) is 2.04. The Morgan fingerprint density at radius 1 is 1.39 bits per heavy atom. The predicted octanol–water partition coefficient (Wildman–Crippen LogP) is 2.29. The Hall–Kier alpha value is -1.55. The summed E-state index contributed by atoms with van der Waals surface area (Å²) in [6.45, 7) is 4.22. The van der Waals surface area contributed by atoms with Crippen LogP contribution in [-0.4, -0.2) is 27.4 Å². The Bertz CT molecular complexity index is 532. The van der Waals surface area contributed by atoms with Crippen LogP contribution in [0.2, 0.25) is 0 Å². The van der Waals surface area contributed by atoms with E-state index < -0.39 is 0 Å². The Balaban J connectivity index is 2.32. The van der Waals surface area contributed by atoms with Crippen molar-refractivity contribution in [2.75, 3.05) is 6.61 Å². The van der Waals surface area contributed by atoms with Gasteiger partial charge >= 0.3 is 0 Å². The third kappa shape index (κ3) is 2.64. The highest BCUT2D eigenvalue weighted by Gasteiger charge is 2.08. The van der Waals surface area contributed by atoms with E-state index in [0.29, 0.717) is 0 Å². The first-order valence-electron chi connectivity index (χ1n) is 6.34. The largest absolute Gasteiger partial charge is 0.491 e. The number of aromatic nitrogens is 2. The molecule has 0 aliphatic carbocycles. The molecule has 18 heavy (non-hydrogen) atoms. The van der Waals surface area contributed by atoms with Crippen LogP contribution in [0.5, 0.6) is 5.75 Å². The topological polar surface area (TPSA) is 47.3 Å². The van der Waals surface area contributed by atoms with Crippen LogP contribution in [0.1, 0.15) is 26.1 Å². The lowest BCUT2D eigenvalue weighted by molar-refractivity contribution is 0.242. The van der Waals surface area contributed by atoms with E-state index in [9.17, 15) is 0 Å². The number of aliphatic hydroxyl groups excluding tert-OH is 1. The van der Waals surface area contributed by atoms with Gasteiger partial charge in [0, 0.05) is 26.1 Å². The molecule has 98 valence electrons. The molecule has 1 N–H and O–H groups in total. The molecule has 0 amide bonds. The van der Waals surface area contributed by atoms with Crippen molar-refractivity contribution in [2.24, 2.45) is 7.05 Å². The molecule has 1 aromatic heterocycles. The molecule has 2 rings (SSSR count). The third-order valence-electron chi connectivity index (χ3n) is 2.88. The smallest absolute Gasteiger partial charge is 0.121 e. The lowest BCUT2D eigenvalue weighted by Crippen LogP contribution is -2.05. The first kappa shape index (κ1) is 12.9. The fraction of sp³-hybridized carbons (Fsp3) is 0.500. The van der Waals surface area contributed by atoms with Gasteiger partial charge in [-0.25, -0.2) is 4.98 Å². The van der Waals surface area contributed by atoms with Crippen molar-refractivity contribution in [3.05, 3.63) is 24.0 Å². The summed E-state index contributed by atoms with van der Waals surface area (Å²) in [6, 6.07) is 5.97. The van der Waals surface area contributed by atoms with Crippen molar-refractivity contribution < 1.29 is 9.84 Å². The average molecular weight is 248 g/mol. The van der Waals surface area contributed by atoms with Gasteiger partial charge in [-0.05, 0) is 32.4 Å². The van der Waals surface area contributed by atoms with Gasteiger partial charge in [0.05, 0.1) is 17.1 Å². The minimum atomic E-state index is 0.167. The normalized spacial score (nSPS) is 11.4. The molecule has 0 spiro atoms. The summed E-state index contributed by atoms with van der Waals surface area (Å²) < 4.78 is 7.74. The molecule has 0 radical (unpaired) electrons. The summed E-state index contributed by atoms with van der Waals surface area (Å²) in [5, 5.41) is 8.88. The molecule has 0 fully saturated rings. The lowest BCUT2D eigenvalue weighted by Gasteiger charge is -2.09. The summed E-state index contributed by atoms with van der Waals surface area (Å²) in [4.78, 5) is 4.59. The van der Waals surface area contributed by atoms with E-state index in [2.05, 4.69) is 9.55 Å². The van der Waals surface area contributed by atoms with Gasteiger partial charge in [-0.3, -0.25) is 0 Å². The highest BCUT2D eigenvalue weighted by atomic mass is 16.5. The van der Waals surface area contributed by atoms with Crippen LogP contribution in [0, 0.1) is 0 Å². The number of fused-ring (bicyclic) bond motifs is 1. The standard InChI is InChI=1S/C14H20N2O2/c1-10(2)18-11-6-7-13-12(9-11)15-14(16(13)3)5-4-8-17/h6-7,9-10,17H,4-5,8H2,1-3H3. The second-order valence-electron chi connectivity index (χ2n) is 4.73. The van der Waals surface area contributed by atoms with Crippen molar-refractivity contribution in [3.63, 3.8) is 0 Å². The molecule has 0 atom stereocenters. The molecule has 4 nitrogen and oxygen atoms in total. The zero-order valence-electron chi connectivity index (χ0n) is 11.2. The number of ether oxygens (including phenoxy) is 1. The maximum Gasteiger partial charge on any atom is 0.121 e. The zero-order chi connectivity index (χ0) is 13.1. The SMILES string of the molecule is CC(C)Oc1ccc2c(c1)nc(CCCO)n2C. The Kier molecular flexibility index (Phi) is 3.87. The number of aryl methyl sites for hydroxylation is 2. The van der Waals surface area contributed by atoms with Gasteiger partial charge in [-0.1, -0.05) is 0 Å². The summed E-state index contributed by atoms with van der Waals surface area (Å²) in [5.74, 6) is 1.85. The zero-order valence-corrected chi connectivity index (χ0v) is 11.2. The maximum atomic E-state index is 8.88. The summed E-state index contributed by atoms with van der Waals surface area (Å²) in [7, 11) is 2.00. The van der Waals surface area contributed by atoms with Gasteiger partial charge in [-0.15, -0.1) is 0 Å². The van der Waals surface area contributed by atoms with E-state index in [1.807, 2.05) is 39.1 Å². The van der Waals surface area contributed by atoms with E-state index in [1.165, 1.54) is 0 Å². The number of hydrogen-bond donors (Lipinski definition) is 1. The van der Waals surface area contributed by atoms with E-state index in [0.717, 1.165) is 35.4 Å². The van der Waals surface area contributed by atoms with Gasteiger partial charge in [0.15, 0.2) is 0 Å². The van der Waals surface area contributed by atoms with Gasteiger partial charge in [-0.2, -0.15) is 0 Å². The molecule has 0 unspecified atom stereocenters. The van der Waals surface area contributed by atoms with Crippen LogP contribution >= 0.6 is 0 Å². The summed E-state index contributed by atoms with van der Waals surface area (Å²) in [6.07, 6.45) is 1.70. The van der Waals surface area contributed by atoms with Gasteiger partial charge in [0.25, 0.3) is 0 Å². The van der Waals surface area contributed by atoms with E-state index in [-0.39, 0.29) is 12.7 Å². The molecule has 0 saturated heterocycles. The molecule has 0 saturated carbocycles. The maximum absolute atomic E-state index is 8.88. The third-order valence-corrected chi connectivity index (χ3v) is 2.88. The molecule has 4 heteroatoms. The van der Waals surface area contributed by atoms with Crippen LogP contribution in [0.4, 0.5) is 0 Å². The number of benzene rings is 1. The number of imidazole rings is 1. The van der Waals surface area contributed by atoms with Gasteiger partial charge in [0.1, 0.15) is 11.6 Å². The monoisotopic (exact) mass is 248 g/mol. The summed E-state index contributed by atoms with van der Waals surface area (Å²) in [5.41, 5.74) is 2.04. The fourth-order valence-corrected chi connectivity index (χ4v) is 2.04. The molecular formula is C14H20N2O2. The Morgan fingerprint density at radius 3 is 2.83 bits per heavy atom. The molecule has 0 aliphatic heterocycles.